The molecule has 5 nitrogen and oxygen atoms in total. The summed E-state index contributed by atoms with van der Waals surface area (Å²) >= 11 is 5.99. The molecule has 134 valence electrons. The number of carbonyl (C=O) groups is 2. The molecule has 2 amide bonds. The van der Waals surface area contributed by atoms with Crippen LogP contribution in [0.5, 0.6) is 5.75 Å². The van der Waals surface area contributed by atoms with E-state index in [4.69, 9.17) is 16.3 Å². The quantitative estimate of drug-likeness (QED) is 0.819. The first kappa shape index (κ1) is 17.8. The number of ether oxygens (including phenoxy) is 1. The molecule has 1 aromatic rings. The fourth-order valence-corrected chi connectivity index (χ4v) is 3.32. The van der Waals surface area contributed by atoms with Crippen LogP contribution in [0.25, 0.3) is 6.08 Å². The van der Waals surface area contributed by atoms with E-state index in [1.165, 1.54) is 0 Å². The van der Waals surface area contributed by atoms with Gasteiger partial charge in [0, 0.05) is 36.6 Å². The van der Waals surface area contributed by atoms with E-state index in [-0.39, 0.29) is 18.4 Å². The number of carbonyl (C=O) groups excluding carboxylic acids is 2. The summed E-state index contributed by atoms with van der Waals surface area (Å²) in [6.45, 7) is 2.34. The zero-order valence-electron chi connectivity index (χ0n) is 14.2. The molecule has 2 aliphatic heterocycles. The van der Waals surface area contributed by atoms with Crippen LogP contribution in [0.15, 0.2) is 23.8 Å². The maximum Gasteiger partial charge on any atom is 0.250 e. The number of likely N-dealkylation sites (tertiary alicyclic amines) is 1. The molecule has 1 N–H and O–H groups in total. The Bertz CT molecular complexity index is 687. The minimum Gasteiger partial charge on any atom is -0.488 e. The van der Waals surface area contributed by atoms with Crippen LogP contribution >= 0.6 is 11.6 Å². The number of hydrogen-bond donors (Lipinski definition) is 1. The Balaban J connectivity index is 1.47. The summed E-state index contributed by atoms with van der Waals surface area (Å²) in [6, 6.07) is 5.36. The van der Waals surface area contributed by atoms with Crippen molar-refractivity contribution in [2.45, 2.75) is 32.1 Å². The summed E-state index contributed by atoms with van der Waals surface area (Å²) in [4.78, 5) is 26.1. The Kier molecular flexibility index (Phi) is 5.97. The van der Waals surface area contributed by atoms with E-state index >= 15 is 0 Å². The molecule has 3 rings (SSSR count). The zero-order valence-corrected chi connectivity index (χ0v) is 15.0. The third kappa shape index (κ3) is 4.75. The van der Waals surface area contributed by atoms with E-state index in [0.717, 1.165) is 43.5 Å². The van der Waals surface area contributed by atoms with Crippen molar-refractivity contribution in [3.05, 3.63) is 34.4 Å². The Labute approximate surface area is 153 Å². The van der Waals surface area contributed by atoms with E-state index in [2.05, 4.69) is 5.32 Å². The number of amides is 2. The highest BCUT2D eigenvalue weighted by Crippen LogP contribution is 2.28. The second-order valence-electron chi connectivity index (χ2n) is 6.44. The molecule has 0 unspecified atom stereocenters. The van der Waals surface area contributed by atoms with Gasteiger partial charge in [-0.05, 0) is 43.5 Å². The van der Waals surface area contributed by atoms with Crippen molar-refractivity contribution in [1.29, 1.82) is 0 Å². The molecule has 0 atom stereocenters. The van der Waals surface area contributed by atoms with Gasteiger partial charge in [0.05, 0.1) is 5.57 Å². The van der Waals surface area contributed by atoms with Crippen molar-refractivity contribution in [1.82, 2.24) is 10.2 Å². The lowest BCUT2D eigenvalue weighted by atomic mass is 10.1. The first-order valence-electron chi connectivity index (χ1n) is 8.82. The van der Waals surface area contributed by atoms with Crippen molar-refractivity contribution >= 4 is 29.5 Å². The van der Waals surface area contributed by atoms with Gasteiger partial charge in [-0.15, -0.1) is 0 Å². The minimum atomic E-state index is -0.132. The molecule has 0 spiro atoms. The van der Waals surface area contributed by atoms with Gasteiger partial charge in [-0.25, -0.2) is 0 Å². The van der Waals surface area contributed by atoms with Crippen LogP contribution < -0.4 is 10.1 Å². The molecule has 2 aliphatic rings. The van der Waals surface area contributed by atoms with Crippen LogP contribution in [0.1, 0.15) is 37.7 Å². The molecule has 1 fully saturated rings. The monoisotopic (exact) mass is 362 g/mol. The number of hydrogen-bond acceptors (Lipinski definition) is 3. The van der Waals surface area contributed by atoms with Gasteiger partial charge < -0.3 is 15.0 Å². The summed E-state index contributed by atoms with van der Waals surface area (Å²) in [6.07, 6.45) is 6.42. The highest BCUT2D eigenvalue weighted by molar-refractivity contribution is 6.30. The Morgan fingerprint density at radius 1 is 1.28 bits per heavy atom. The fraction of sp³-hybridized carbons (Fsp3) is 0.474. The Hall–Kier alpha value is -2.01. The predicted octanol–water partition coefficient (Wildman–Crippen LogP) is 3.02. The number of rotatable bonds is 5. The van der Waals surface area contributed by atoms with Crippen LogP contribution in [0.3, 0.4) is 0 Å². The minimum absolute atomic E-state index is 0.132. The highest BCUT2D eigenvalue weighted by atomic mass is 35.5. The molecule has 2 heterocycles. The third-order valence-electron chi connectivity index (χ3n) is 4.54. The van der Waals surface area contributed by atoms with Gasteiger partial charge in [0.1, 0.15) is 12.4 Å². The van der Waals surface area contributed by atoms with E-state index in [1.54, 1.807) is 18.2 Å². The fourth-order valence-electron chi connectivity index (χ4n) is 3.14. The molecule has 0 aromatic heterocycles. The lowest BCUT2D eigenvalue weighted by molar-refractivity contribution is -0.130. The van der Waals surface area contributed by atoms with Gasteiger partial charge in [-0.2, -0.15) is 0 Å². The average molecular weight is 363 g/mol. The molecule has 0 saturated carbocycles. The SMILES string of the molecule is O=C(NCCCN1CCCCCC1=O)C1=Cc2cc(Cl)ccc2OC1. The molecule has 1 saturated heterocycles. The van der Waals surface area contributed by atoms with Crippen LogP contribution in [0, 0.1) is 0 Å². The first-order chi connectivity index (χ1) is 12.1. The first-order valence-corrected chi connectivity index (χ1v) is 9.20. The van der Waals surface area contributed by atoms with Gasteiger partial charge in [-0.3, -0.25) is 9.59 Å². The van der Waals surface area contributed by atoms with Crippen LogP contribution in [-0.2, 0) is 9.59 Å². The van der Waals surface area contributed by atoms with Gasteiger partial charge in [0.25, 0.3) is 5.91 Å². The third-order valence-corrected chi connectivity index (χ3v) is 4.77. The lowest BCUT2D eigenvalue weighted by Crippen LogP contribution is -2.34. The smallest absolute Gasteiger partial charge is 0.250 e. The van der Waals surface area contributed by atoms with E-state index in [1.807, 2.05) is 11.0 Å². The number of benzene rings is 1. The van der Waals surface area contributed by atoms with Gasteiger partial charge in [0.2, 0.25) is 5.91 Å². The van der Waals surface area contributed by atoms with E-state index < -0.39 is 0 Å². The molecule has 0 bridgehead atoms. The summed E-state index contributed by atoms with van der Waals surface area (Å²) < 4.78 is 5.60. The number of fused-ring (bicyclic) bond motifs is 1. The van der Waals surface area contributed by atoms with Crippen LogP contribution in [-0.4, -0.2) is 43.0 Å². The molecule has 1 aromatic carbocycles. The molecule has 6 heteroatoms. The maximum atomic E-state index is 12.3. The van der Waals surface area contributed by atoms with Crippen LogP contribution in [0.4, 0.5) is 0 Å². The zero-order chi connectivity index (χ0) is 17.6. The van der Waals surface area contributed by atoms with Gasteiger partial charge >= 0.3 is 0 Å². The summed E-state index contributed by atoms with van der Waals surface area (Å²) in [5.41, 5.74) is 1.40. The lowest BCUT2D eigenvalue weighted by Gasteiger charge is -2.21. The van der Waals surface area contributed by atoms with Crippen molar-refractivity contribution in [2.75, 3.05) is 26.2 Å². The van der Waals surface area contributed by atoms with E-state index in [0.29, 0.717) is 30.1 Å². The van der Waals surface area contributed by atoms with Crippen molar-refractivity contribution < 1.29 is 14.3 Å². The summed E-state index contributed by atoms with van der Waals surface area (Å²) in [5.74, 6) is 0.842. The summed E-state index contributed by atoms with van der Waals surface area (Å²) in [5, 5.41) is 3.52. The van der Waals surface area contributed by atoms with Gasteiger partial charge in [-0.1, -0.05) is 18.0 Å². The van der Waals surface area contributed by atoms with Crippen LogP contribution in [0.2, 0.25) is 5.02 Å². The Morgan fingerprint density at radius 2 is 2.16 bits per heavy atom. The second kappa shape index (κ2) is 8.39. The average Bonchev–Trinajstić information content (AvgIpc) is 2.82. The molecular formula is C19H23ClN2O3. The highest BCUT2D eigenvalue weighted by Gasteiger charge is 2.18. The predicted molar refractivity (Wildman–Crippen MR) is 97.6 cm³/mol. The molecule has 0 radical (unpaired) electrons. The summed E-state index contributed by atoms with van der Waals surface area (Å²) in [7, 11) is 0. The number of halogens is 1. The number of nitrogens with one attached hydrogen (secondary N) is 1. The molecule has 0 aliphatic carbocycles. The number of nitrogens with zero attached hydrogens (tertiary/aromatic N) is 1. The van der Waals surface area contributed by atoms with Crippen molar-refractivity contribution in [2.24, 2.45) is 0 Å². The standard InChI is InChI=1S/C19H23ClN2O3/c20-16-6-7-17-14(12-16)11-15(13-25-17)19(24)21-8-4-10-22-9-3-1-2-5-18(22)23/h6-7,11-12H,1-5,8-10,13H2,(H,21,24). The topological polar surface area (TPSA) is 58.6 Å². The second-order valence-corrected chi connectivity index (χ2v) is 6.88. The van der Waals surface area contributed by atoms with Crippen molar-refractivity contribution in [3.8, 4) is 5.75 Å². The van der Waals surface area contributed by atoms with Gasteiger partial charge in [0.15, 0.2) is 0 Å². The largest absolute Gasteiger partial charge is 0.488 e. The van der Waals surface area contributed by atoms with Crippen molar-refractivity contribution in [3.63, 3.8) is 0 Å². The normalized spacial score (nSPS) is 17.2. The van der Waals surface area contributed by atoms with E-state index in [9.17, 15) is 9.59 Å². The maximum absolute atomic E-state index is 12.3. The molecular weight excluding hydrogens is 340 g/mol. The Morgan fingerprint density at radius 3 is 3.04 bits per heavy atom. The molecule has 25 heavy (non-hydrogen) atoms.